The van der Waals surface area contributed by atoms with Crippen LogP contribution in [0.3, 0.4) is 0 Å². The maximum Gasteiger partial charge on any atom is 0.0312 e. The highest BCUT2D eigenvalue weighted by Gasteiger charge is 2.03. The lowest BCUT2D eigenvalue weighted by atomic mass is 10.1. The van der Waals surface area contributed by atoms with Crippen LogP contribution in [-0.2, 0) is 19.6 Å². The molecule has 1 heterocycles. The molecule has 0 saturated carbocycles. The van der Waals surface area contributed by atoms with Gasteiger partial charge in [-0.25, -0.2) is 0 Å². The molecule has 0 aliphatic carbocycles. The maximum absolute atomic E-state index is 4.16. The van der Waals surface area contributed by atoms with Crippen molar-refractivity contribution in [1.29, 1.82) is 0 Å². The van der Waals surface area contributed by atoms with Gasteiger partial charge in [-0.3, -0.25) is 9.88 Å². The predicted octanol–water partition coefficient (Wildman–Crippen LogP) is 2.82. The quantitative estimate of drug-likeness (QED) is 0.838. The average molecular weight is 269 g/mol. The average Bonchev–Trinajstić information content (AvgIpc) is 2.46. The Balaban J connectivity index is 1.92. The number of pyridine rings is 1. The van der Waals surface area contributed by atoms with Crippen molar-refractivity contribution in [2.75, 3.05) is 13.6 Å². The fraction of sp³-hybridized carbons (Fsp3) is 0.353. The van der Waals surface area contributed by atoms with Crippen molar-refractivity contribution in [2.24, 2.45) is 0 Å². The summed E-state index contributed by atoms with van der Waals surface area (Å²) < 4.78 is 0. The Morgan fingerprint density at radius 2 is 1.80 bits per heavy atom. The Morgan fingerprint density at radius 1 is 1.05 bits per heavy atom. The van der Waals surface area contributed by atoms with E-state index in [1.165, 1.54) is 16.7 Å². The molecular formula is C17H23N3. The summed E-state index contributed by atoms with van der Waals surface area (Å²) >= 11 is 0. The lowest BCUT2D eigenvalue weighted by molar-refractivity contribution is 0.318. The Labute approximate surface area is 121 Å². The molecule has 2 aromatic rings. The molecule has 0 unspecified atom stereocenters. The van der Waals surface area contributed by atoms with Crippen LogP contribution in [0.5, 0.6) is 0 Å². The fourth-order valence-electron chi connectivity index (χ4n) is 2.28. The first-order valence-corrected chi connectivity index (χ1v) is 7.14. The molecule has 3 heteroatoms. The van der Waals surface area contributed by atoms with E-state index in [1.807, 2.05) is 18.5 Å². The van der Waals surface area contributed by atoms with Crippen molar-refractivity contribution in [3.63, 3.8) is 0 Å². The third kappa shape index (κ3) is 4.76. The molecule has 0 atom stereocenters. The second-order valence-corrected chi connectivity index (χ2v) is 5.13. The number of hydrogen-bond acceptors (Lipinski definition) is 3. The Bertz CT molecular complexity index is 511. The third-order valence-corrected chi connectivity index (χ3v) is 3.20. The standard InChI is InChI=1S/C17H23N3/c1-3-18-11-15-6-4-7-16(10-15)13-20(2)14-17-8-5-9-19-12-17/h4-10,12,18H,3,11,13-14H2,1-2H3. The predicted molar refractivity (Wildman–Crippen MR) is 83.2 cm³/mol. The van der Waals surface area contributed by atoms with E-state index in [9.17, 15) is 0 Å². The highest BCUT2D eigenvalue weighted by Crippen LogP contribution is 2.10. The second-order valence-electron chi connectivity index (χ2n) is 5.13. The molecule has 0 spiro atoms. The highest BCUT2D eigenvalue weighted by atomic mass is 15.1. The second kappa shape index (κ2) is 7.78. The van der Waals surface area contributed by atoms with Gasteiger partial charge in [-0.15, -0.1) is 0 Å². The zero-order valence-electron chi connectivity index (χ0n) is 12.3. The van der Waals surface area contributed by atoms with Gasteiger partial charge in [0.05, 0.1) is 0 Å². The van der Waals surface area contributed by atoms with Gasteiger partial charge in [0.25, 0.3) is 0 Å². The molecule has 0 radical (unpaired) electrons. The maximum atomic E-state index is 4.16. The number of rotatable bonds is 7. The van der Waals surface area contributed by atoms with Crippen LogP contribution in [0.15, 0.2) is 48.8 Å². The molecule has 1 aromatic heterocycles. The highest BCUT2D eigenvalue weighted by molar-refractivity contribution is 5.23. The first-order chi connectivity index (χ1) is 9.78. The monoisotopic (exact) mass is 269 g/mol. The summed E-state index contributed by atoms with van der Waals surface area (Å²) in [6.07, 6.45) is 3.74. The van der Waals surface area contributed by atoms with Crippen molar-refractivity contribution >= 4 is 0 Å². The lowest BCUT2D eigenvalue weighted by Gasteiger charge is -2.17. The topological polar surface area (TPSA) is 28.2 Å². The molecule has 3 nitrogen and oxygen atoms in total. The Morgan fingerprint density at radius 3 is 2.55 bits per heavy atom. The molecule has 106 valence electrons. The molecule has 20 heavy (non-hydrogen) atoms. The minimum absolute atomic E-state index is 0.922. The molecule has 2 rings (SSSR count). The first-order valence-electron chi connectivity index (χ1n) is 7.14. The van der Waals surface area contributed by atoms with Crippen LogP contribution in [0, 0.1) is 0 Å². The zero-order chi connectivity index (χ0) is 14.2. The van der Waals surface area contributed by atoms with Crippen LogP contribution in [-0.4, -0.2) is 23.5 Å². The normalized spacial score (nSPS) is 10.9. The molecule has 1 aromatic carbocycles. The van der Waals surface area contributed by atoms with Gasteiger partial charge in [0.15, 0.2) is 0 Å². The first kappa shape index (κ1) is 14.7. The van der Waals surface area contributed by atoms with Crippen molar-refractivity contribution in [3.8, 4) is 0 Å². The van der Waals surface area contributed by atoms with Crippen LogP contribution in [0.25, 0.3) is 0 Å². The summed E-state index contributed by atoms with van der Waals surface area (Å²) in [4.78, 5) is 6.47. The van der Waals surface area contributed by atoms with Gasteiger partial charge < -0.3 is 5.32 Å². The van der Waals surface area contributed by atoms with E-state index in [4.69, 9.17) is 0 Å². The molecule has 0 saturated heterocycles. The van der Waals surface area contributed by atoms with Crippen LogP contribution >= 0.6 is 0 Å². The van der Waals surface area contributed by atoms with E-state index in [0.717, 1.165) is 26.2 Å². The van der Waals surface area contributed by atoms with Crippen LogP contribution in [0.1, 0.15) is 23.6 Å². The minimum Gasteiger partial charge on any atom is -0.313 e. The van der Waals surface area contributed by atoms with Crippen molar-refractivity contribution in [1.82, 2.24) is 15.2 Å². The van der Waals surface area contributed by atoms with Gasteiger partial charge >= 0.3 is 0 Å². The van der Waals surface area contributed by atoms with Crippen LogP contribution < -0.4 is 5.32 Å². The number of benzene rings is 1. The molecule has 0 aliphatic rings. The molecule has 0 aliphatic heterocycles. The van der Waals surface area contributed by atoms with Gasteiger partial charge in [0.1, 0.15) is 0 Å². The van der Waals surface area contributed by atoms with E-state index < -0.39 is 0 Å². The van der Waals surface area contributed by atoms with E-state index in [2.05, 4.69) is 59.5 Å². The van der Waals surface area contributed by atoms with Crippen molar-refractivity contribution in [3.05, 3.63) is 65.5 Å². The van der Waals surface area contributed by atoms with E-state index in [-0.39, 0.29) is 0 Å². The summed E-state index contributed by atoms with van der Waals surface area (Å²) in [6.45, 7) is 5.95. The lowest BCUT2D eigenvalue weighted by Crippen LogP contribution is -2.17. The molecule has 0 amide bonds. The van der Waals surface area contributed by atoms with Crippen LogP contribution in [0.4, 0.5) is 0 Å². The smallest absolute Gasteiger partial charge is 0.0312 e. The van der Waals surface area contributed by atoms with Crippen LogP contribution in [0.2, 0.25) is 0 Å². The van der Waals surface area contributed by atoms with Gasteiger partial charge in [0, 0.05) is 32.0 Å². The molecule has 0 bridgehead atoms. The van der Waals surface area contributed by atoms with Crippen molar-refractivity contribution < 1.29 is 0 Å². The Kier molecular flexibility index (Phi) is 5.71. The largest absolute Gasteiger partial charge is 0.313 e. The molecule has 0 fully saturated rings. The Hall–Kier alpha value is -1.71. The fourth-order valence-corrected chi connectivity index (χ4v) is 2.28. The molecule has 1 N–H and O–H groups in total. The number of nitrogens with one attached hydrogen (secondary N) is 1. The van der Waals surface area contributed by atoms with Gasteiger partial charge in [-0.1, -0.05) is 37.3 Å². The van der Waals surface area contributed by atoms with E-state index in [0.29, 0.717) is 0 Å². The number of hydrogen-bond donors (Lipinski definition) is 1. The zero-order valence-corrected chi connectivity index (χ0v) is 12.3. The summed E-state index contributed by atoms with van der Waals surface area (Å²) in [5.74, 6) is 0. The van der Waals surface area contributed by atoms with E-state index in [1.54, 1.807) is 0 Å². The third-order valence-electron chi connectivity index (χ3n) is 3.20. The summed E-state index contributed by atoms with van der Waals surface area (Å²) in [5, 5.41) is 3.36. The van der Waals surface area contributed by atoms with Gasteiger partial charge in [0.2, 0.25) is 0 Å². The van der Waals surface area contributed by atoms with Gasteiger partial charge in [-0.05, 0) is 36.3 Å². The van der Waals surface area contributed by atoms with E-state index >= 15 is 0 Å². The summed E-state index contributed by atoms with van der Waals surface area (Å²) in [5.41, 5.74) is 3.95. The molecular weight excluding hydrogens is 246 g/mol. The number of nitrogens with zero attached hydrogens (tertiary/aromatic N) is 2. The SMILES string of the molecule is CCNCc1cccc(CN(C)Cc2cccnc2)c1. The summed E-state index contributed by atoms with van der Waals surface area (Å²) in [6, 6.07) is 12.9. The summed E-state index contributed by atoms with van der Waals surface area (Å²) in [7, 11) is 2.14. The van der Waals surface area contributed by atoms with Gasteiger partial charge in [-0.2, -0.15) is 0 Å². The number of aromatic nitrogens is 1. The van der Waals surface area contributed by atoms with Crippen molar-refractivity contribution in [2.45, 2.75) is 26.6 Å². The minimum atomic E-state index is 0.922.